The minimum absolute atomic E-state index is 0.216. The smallest absolute Gasteiger partial charge is 0.410 e. The van der Waals surface area contributed by atoms with Gasteiger partial charge in [-0.05, 0) is 45.4 Å². The Bertz CT molecular complexity index is 930. The minimum Gasteiger partial charge on any atom is -0.497 e. The molecule has 186 valence electrons. The van der Waals surface area contributed by atoms with Crippen LogP contribution in [0, 0.1) is 0 Å². The summed E-state index contributed by atoms with van der Waals surface area (Å²) < 4.78 is 16.0. The molecule has 1 atom stereocenters. The topological polar surface area (TPSA) is 109 Å². The summed E-state index contributed by atoms with van der Waals surface area (Å²) in [5.74, 6) is 0.187. The van der Waals surface area contributed by atoms with E-state index in [1.807, 2.05) is 32.9 Å². The molecule has 0 spiro atoms. The van der Waals surface area contributed by atoms with Gasteiger partial charge in [0.05, 0.1) is 25.3 Å². The van der Waals surface area contributed by atoms with Crippen LogP contribution in [0.5, 0.6) is 5.75 Å². The Balaban J connectivity index is 1.79. The predicted molar refractivity (Wildman–Crippen MR) is 125 cm³/mol. The van der Waals surface area contributed by atoms with E-state index < -0.39 is 23.6 Å². The van der Waals surface area contributed by atoms with Crippen LogP contribution in [-0.4, -0.2) is 79.9 Å². The number of hydrogen-bond donors (Lipinski definition) is 2. The molecule has 3 rings (SSSR count). The van der Waals surface area contributed by atoms with Crippen molar-refractivity contribution in [2.75, 3.05) is 46.4 Å². The van der Waals surface area contributed by atoms with Crippen LogP contribution in [0.3, 0.4) is 0 Å². The van der Waals surface area contributed by atoms with Gasteiger partial charge in [-0.25, -0.2) is 14.4 Å². The number of amides is 3. The highest BCUT2D eigenvalue weighted by atomic mass is 16.6. The molecule has 1 aromatic carbocycles. The summed E-state index contributed by atoms with van der Waals surface area (Å²) in [5.41, 5.74) is 1.05. The van der Waals surface area contributed by atoms with E-state index in [1.54, 1.807) is 31.1 Å². The largest absolute Gasteiger partial charge is 0.497 e. The first kappa shape index (κ1) is 25.4. The Morgan fingerprint density at radius 1 is 1.09 bits per heavy atom. The second-order valence-electron chi connectivity index (χ2n) is 9.16. The van der Waals surface area contributed by atoms with Crippen LogP contribution in [0.15, 0.2) is 35.5 Å². The summed E-state index contributed by atoms with van der Waals surface area (Å²) in [7, 11) is 1.58. The van der Waals surface area contributed by atoms with Gasteiger partial charge in [-0.3, -0.25) is 4.90 Å². The van der Waals surface area contributed by atoms with Gasteiger partial charge in [-0.2, -0.15) is 0 Å². The van der Waals surface area contributed by atoms with Crippen molar-refractivity contribution in [1.29, 1.82) is 0 Å². The van der Waals surface area contributed by atoms with Gasteiger partial charge in [0.15, 0.2) is 0 Å². The number of piperazine rings is 1. The Hall–Kier alpha value is -3.27. The van der Waals surface area contributed by atoms with Gasteiger partial charge in [-0.15, -0.1) is 0 Å². The van der Waals surface area contributed by atoms with Crippen molar-refractivity contribution in [1.82, 2.24) is 20.4 Å². The Kier molecular flexibility index (Phi) is 8.03. The SMILES string of the molecule is CCOC(=O)C1=C(CN2CCN(C(=O)OC(C)(C)C)CC2)NC(=O)NC1c1ccc(OC)cc1. The van der Waals surface area contributed by atoms with E-state index in [4.69, 9.17) is 14.2 Å². The summed E-state index contributed by atoms with van der Waals surface area (Å²) >= 11 is 0. The van der Waals surface area contributed by atoms with Crippen molar-refractivity contribution in [3.8, 4) is 5.75 Å². The van der Waals surface area contributed by atoms with Crippen LogP contribution in [0.4, 0.5) is 9.59 Å². The number of esters is 1. The molecule has 1 saturated heterocycles. The molecule has 2 heterocycles. The van der Waals surface area contributed by atoms with Crippen LogP contribution < -0.4 is 15.4 Å². The third-order valence-electron chi connectivity index (χ3n) is 5.50. The lowest BCUT2D eigenvalue weighted by Crippen LogP contribution is -2.53. The molecule has 0 saturated carbocycles. The molecule has 3 amide bonds. The van der Waals surface area contributed by atoms with Crippen LogP contribution in [0.25, 0.3) is 0 Å². The van der Waals surface area contributed by atoms with E-state index >= 15 is 0 Å². The third-order valence-corrected chi connectivity index (χ3v) is 5.50. The number of nitrogens with zero attached hydrogens (tertiary/aromatic N) is 2. The predicted octanol–water partition coefficient (Wildman–Crippen LogP) is 2.42. The number of carbonyl (C=O) groups is 3. The van der Waals surface area contributed by atoms with E-state index in [1.165, 1.54) is 0 Å². The van der Waals surface area contributed by atoms with Crippen LogP contribution in [0.1, 0.15) is 39.3 Å². The van der Waals surface area contributed by atoms with Gasteiger partial charge in [0.25, 0.3) is 0 Å². The Morgan fingerprint density at radius 3 is 2.29 bits per heavy atom. The molecule has 10 nitrogen and oxygen atoms in total. The van der Waals surface area contributed by atoms with Gasteiger partial charge >= 0.3 is 18.1 Å². The summed E-state index contributed by atoms with van der Waals surface area (Å²) in [6.45, 7) is 9.95. The van der Waals surface area contributed by atoms with Crippen LogP contribution >= 0.6 is 0 Å². The number of nitrogens with one attached hydrogen (secondary N) is 2. The molecule has 0 aromatic heterocycles. The van der Waals surface area contributed by atoms with Gasteiger partial charge in [0.1, 0.15) is 11.4 Å². The number of carbonyl (C=O) groups excluding carboxylic acids is 3. The standard InChI is InChI=1S/C24H34N4O6/c1-6-33-21(29)19-18(15-27-11-13-28(14-12-27)23(31)34-24(2,3)4)25-22(30)26-20(19)16-7-9-17(32-5)10-8-16/h7-10,20H,6,11-15H2,1-5H3,(H2,25,26,30). The monoisotopic (exact) mass is 474 g/mol. The first-order chi connectivity index (χ1) is 16.1. The molecule has 34 heavy (non-hydrogen) atoms. The van der Waals surface area contributed by atoms with E-state index in [-0.39, 0.29) is 12.7 Å². The molecule has 0 bridgehead atoms. The highest BCUT2D eigenvalue weighted by Crippen LogP contribution is 2.29. The zero-order valence-corrected chi connectivity index (χ0v) is 20.5. The molecule has 0 aliphatic carbocycles. The Morgan fingerprint density at radius 2 is 1.74 bits per heavy atom. The molecular weight excluding hydrogens is 440 g/mol. The second kappa shape index (κ2) is 10.8. The number of hydrogen-bond acceptors (Lipinski definition) is 7. The first-order valence-corrected chi connectivity index (χ1v) is 11.4. The number of benzene rings is 1. The highest BCUT2D eigenvalue weighted by molar-refractivity contribution is 5.95. The lowest BCUT2D eigenvalue weighted by molar-refractivity contribution is -0.139. The van der Waals surface area contributed by atoms with Crippen molar-refractivity contribution in [2.45, 2.75) is 39.3 Å². The maximum atomic E-state index is 13.0. The van der Waals surface area contributed by atoms with Gasteiger partial charge in [0.2, 0.25) is 0 Å². The minimum atomic E-state index is -0.656. The number of ether oxygens (including phenoxy) is 3. The highest BCUT2D eigenvalue weighted by Gasteiger charge is 2.35. The van der Waals surface area contributed by atoms with Crippen molar-refractivity contribution in [2.24, 2.45) is 0 Å². The van der Waals surface area contributed by atoms with Crippen LogP contribution in [-0.2, 0) is 14.3 Å². The lowest BCUT2D eigenvalue weighted by atomic mass is 9.94. The van der Waals surface area contributed by atoms with E-state index in [0.29, 0.717) is 49.7 Å². The zero-order valence-electron chi connectivity index (χ0n) is 20.5. The molecule has 1 aromatic rings. The number of rotatable bonds is 6. The Labute approximate surface area is 200 Å². The summed E-state index contributed by atoms with van der Waals surface area (Å²) in [6, 6.07) is 6.13. The van der Waals surface area contributed by atoms with Gasteiger partial charge in [0, 0.05) is 38.4 Å². The van der Waals surface area contributed by atoms with Crippen molar-refractivity contribution in [3.05, 3.63) is 41.1 Å². The maximum absolute atomic E-state index is 13.0. The summed E-state index contributed by atoms with van der Waals surface area (Å²) in [6.07, 6.45) is -0.340. The quantitative estimate of drug-likeness (QED) is 0.610. The van der Waals surface area contributed by atoms with E-state index in [2.05, 4.69) is 15.5 Å². The fraction of sp³-hybridized carbons (Fsp3) is 0.542. The zero-order chi connectivity index (χ0) is 24.9. The molecule has 1 fully saturated rings. The molecule has 2 aliphatic rings. The molecule has 2 aliphatic heterocycles. The van der Waals surface area contributed by atoms with Crippen molar-refractivity contribution < 1.29 is 28.6 Å². The van der Waals surface area contributed by atoms with Crippen LogP contribution in [0.2, 0.25) is 0 Å². The summed E-state index contributed by atoms with van der Waals surface area (Å²) in [4.78, 5) is 41.6. The van der Waals surface area contributed by atoms with Gasteiger partial charge < -0.3 is 29.7 Å². The first-order valence-electron chi connectivity index (χ1n) is 11.4. The number of methoxy groups -OCH3 is 1. The molecule has 2 N–H and O–H groups in total. The molecule has 1 unspecified atom stereocenters. The number of urea groups is 1. The van der Waals surface area contributed by atoms with E-state index in [9.17, 15) is 14.4 Å². The average molecular weight is 475 g/mol. The van der Waals surface area contributed by atoms with Crippen molar-refractivity contribution >= 4 is 18.1 Å². The lowest BCUT2D eigenvalue weighted by Gasteiger charge is -2.37. The fourth-order valence-corrected chi connectivity index (χ4v) is 3.88. The van der Waals surface area contributed by atoms with Crippen molar-refractivity contribution in [3.63, 3.8) is 0 Å². The molecular formula is C24H34N4O6. The normalized spacial score (nSPS) is 19.3. The average Bonchev–Trinajstić information content (AvgIpc) is 2.78. The molecule has 10 heteroatoms. The second-order valence-corrected chi connectivity index (χ2v) is 9.16. The molecule has 0 radical (unpaired) electrons. The third kappa shape index (κ3) is 6.40. The fourth-order valence-electron chi connectivity index (χ4n) is 3.88. The maximum Gasteiger partial charge on any atom is 0.410 e. The van der Waals surface area contributed by atoms with Gasteiger partial charge in [-0.1, -0.05) is 12.1 Å². The van der Waals surface area contributed by atoms with E-state index in [0.717, 1.165) is 5.56 Å². The summed E-state index contributed by atoms with van der Waals surface area (Å²) in [5, 5.41) is 5.63.